The fourth-order valence-electron chi connectivity index (χ4n) is 2.33. The average Bonchev–Trinajstić information content (AvgIpc) is 2.96. The van der Waals surface area contributed by atoms with Crippen LogP contribution in [0.1, 0.15) is 24.2 Å². The maximum Gasteiger partial charge on any atom is 0.573 e. The van der Waals surface area contributed by atoms with Crippen LogP contribution in [0.25, 0.3) is 5.78 Å². The average molecular weight is 372 g/mol. The van der Waals surface area contributed by atoms with E-state index < -0.39 is 12.1 Å². The van der Waals surface area contributed by atoms with Crippen molar-refractivity contribution in [1.82, 2.24) is 19.6 Å². The number of anilines is 1. The van der Waals surface area contributed by atoms with Crippen LogP contribution >= 0.6 is 11.6 Å². The highest BCUT2D eigenvalue weighted by atomic mass is 35.5. The number of aryl methyl sites for hydroxylation is 1. The molecular formula is C15H13ClF3N5O. The predicted octanol–water partition coefficient (Wildman–Crippen LogP) is 4.16. The van der Waals surface area contributed by atoms with Crippen molar-refractivity contribution in [2.24, 2.45) is 0 Å². The molecule has 1 aromatic carbocycles. The van der Waals surface area contributed by atoms with Crippen molar-refractivity contribution in [1.29, 1.82) is 0 Å². The molecule has 2 heterocycles. The second kappa shape index (κ2) is 6.40. The number of aromatic nitrogens is 4. The van der Waals surface area contributed by atoms with E-state index in [0.717, 1.165) is 5.69 Å². The van der Waals surface area contributed by atoms with Gasteiger partial charge in [0.1, 0.15) is 17.9 Å². The monoisotopic (exact) mass is 371 g/mol. The molecule has 0 saturated carbocycles. The second-order valence-corrected chi connectivity index (χ2v) is 5.77. The molecule has 10 heteroatoms. The van der Waals surface area contributed by atoms with Gasteiger partial charge in [0.15, 0.2) is 0 Å². The van der Waals surface area contributed by atoms with E-state index in [1.165, 1.54) is 29.0 Å². The van der Waals surface area contributed by atoms with Crippen LogP contribution in [-0.2, 0) is 0 Å². The Bertz CT molecular complexity index is 912. The summed E-state index contributed by atoms with van der Waals surface area (Å²) in [6.07, 6.45) is -3.40. The van der Waals surface area contributed by atoms with E-state index in [4.69, 9.17) is 11.6 Å². The predicted molar refractivity (Wildman–Crippen MR) is 85.7 cm³/mol. The molecule has 0 fully saturated rings. The van der Waals surface area contributed by atoms with Crippen molar-refractivity contribution in [3.8, 4) is 5.75 Å². The number of fused-ring (bicyclic) bond motifs is 1. The minimum atomic E-state index is -4.79. The molecule has 0 unspecified atom stereocenters. The number of hydrogen-bond acceptors (Lipinski definition) is 5. The van der Waals surface area contributed by atoms with E-state index in [2.05, 4.69) is 25.1 Å². The van der Waals surface area contributed by atoms with Gasteiger partial charge in [0, 0.05) is 17.8 Å². The van der Waals surface area contributed by atoms with Gasteiger partial charge in [-0.25, -0.2) is 4.98 Å². The molecule has 132 valence electrons. The summed E-state index contributed by atoms with van der Waals surface area (Å²) in [6.45, 7) is 3.67. The third-order valence-electron chi connectivity index (χ3n) is 3.43. The Morgan fingerprint density at radius 1 is 1.28 bits per heavy atom. The highest BCUT2D eigenvalue weighted by Gasteiger charge is 2.32. The zero-order valence-corrected chi connectivity index (χ0v) is 13.9. The molecule has 0 aliphatic rings. The maximum absolute atomic E-state index is 12.3. The Hall–Kier alpha value is -2.55. The topological polar surface area (TPSA) is 64.3 Å². The lowest BCUT2D eigenvalue weighted by Crippen LogP contribution is -2.17. The first-order valence-corrected chi connectivity index (χ1v) is 7.60. The summed E-state index contributed by atoms with van der Waals surface area (Å²) in [5.74, 6) is 0.657. The van der Waals surface area contributed by atoms with Crippen LogP contribution in [0.4, 0.5) is 19.0 Å². The molecule has 3 rings (SSSR count). The van der Waals surface area contributed by atoms with Crippen LogP contribution in [0.5, 0.6) is 5.75 Å². The highest BCUT2D eigenvalue weighted by Crippen LogP contribution is 2.32. The van der Waals surface area contributed by atoms with E-state index in [-0.39, 0.29) is 11.1 Å². The van der Waals surface area contributed by atoms with Crippen LogP contribution in [0, 0.1) is 6.92 Å². The van der Waals surface area contributed by atoms with Gasteiger partial charge >= 0.3 is 6.36 Å². The number of halogens is 4. The Balaban J connectivity index is 1.84. The first kappa shape index (κ1) is 17.3. The van der Waals surface area contributed by atoms with E-state index in [9.17, 15) is 13.2 Å². The Morgan fingerprint density at radius 2 is 2.04 bits per heavy atom. The summed E-state index contributed by atoms with van der Waals surface area (Å²) in [4.78, 5) is 8.28. The number of hydrogen-bond donors (Lipinski definition) is 1. The van der Waals surface area contributed by atoms with Crippen molar-refractivity contribution in [3.63, 3.8) is 0 Å². The summed E-state index contributed by atoms with van der Waals surface area (Å²) >= 11 is 5.90. The van der Waals surface area contributed by atoms with E-state index in [1.807, 2.05) is 13.8 Å². The van der Waals surface area contributed by atoms with Crippen molar-refractivity contribution < 1.29 is 17.9 Å². The van der Waals surface area contributed by atoms with Crippen LogP contribution < -0.4 is 10.1 Å². The van der Waals surface area contributed by atoms with Gasteiger partial charge in [-0.05, 0) is 31.5 Å². The quantitative estimate of drug-likeness (QED) is 0.746. The number of alkyl halides is 3. The first-order chi connectivity index (χ1) is 11.7. The molecule has 0 saturated heterocycles. The van der Waals surface area contributed by atoms with Crippen molar-refractivity contribution in [2.45, 2.75) is 26.3 Å². The molecule has 2 aromatic heterocycles. The number of ether oxygens (including phenoxy) is 1. The van der Waals surface area contributed by atoms with Crippen LogP contribution in [0.15, 0.2) is 30.6 Å². The zero-order chi connectivity index (χ0) is 18.2. The molecule has 0 aliphatic carbocycles. The number of nitrogens with zero attached hydrogens (tertiary/aromatic N) is 4. The first-order valence-electron chi connectivity index (χ1n) is 7.22. The summed E-state index contributed by atoms with van der Waals surface area (Å²) < 4.78 is 42.3. The molecule has 3 aromatic rings. The lowest BCUT2D eigenvalue weighted by atomic mass is 10.1. The van der Waals surface area contributed by atoms with E-state index in [0.29, 0.717) is 17.2 Å². The summed E-state index contributed by atoms with van der Waals surface area (Å²) in [7, 11) is 0. The minimum Gasteiger partial charge on any atom is -0.404 e. The highest BCUT2D eigenvalue weighted by molar-refractivity contribution is 6.32. The Kier molecular flexibility index (Phi) is 4.42. The molecule has 0 spiro atoms. The molecule has 6 nitrogen and oxygen atoms in total. The third-order valence-corrected chi connectivity index (χ3v) is 3.72. The molecular weight excluding hydrogens is 359 g/mol. The van der Waals surface area contributed by atoms with Crippen molar-refractivity contribution >= 4 is 23.2 Å². The lowest BCUT2D eigenvalue weighted by Gasteiger charge is -2.18. The van der Waals surface area contributed by atoms with Crippen LogP contribution in [0.3, 0.4) is 0 Å². The van der Waals surface area contributed by atoms with Crippen molar-refractivity contribution in [2.75, 3.05) is 5.32 Å². The van der Waals surface area contributed by atoms with E-state index in [1.54, 1.807) is 6.07 Å². The Labute approximate surface area is 145 Å². The molecule has 25 heavy (non-hydrogen) atoms. The van der Waals surface area contributed by atoms with E-state index >= 15 is 0 Å². The summed E-state index contributed by atoms with van der Waals surface area (Å²) in [5, 5.41) is 7.19. The molecule has 1 N–H and O–H groups in total. The van der Waals surface area contributed by atoms with Gasteiger partial charge < -0.3 is 10.1 Å². The standard InChI is InChI=1S/C15H13ClF3N5O/c1-8-5-13(24-14(22-8)20-7-21-24)23-9(2)10-3-4-12(11(16)6-10)25-15(17,18)19/h3-7,9,23H,1-2H3/t9-/m1/s1. The van der Waals surface area contributed by atoms with Gasteiger partial charge in [0.25, 0.3) is 5.78 Å². The molecule has 1 atom stereocenters. The molecule has 0 radical (unpaired) electrons. The summed E-state index contributed by atoms with van der Waals surface area (Å²) in [6, 6.07) is 5.66. The second-order valence-electron chi connectivity index (χ2n) is 5.36. The van der Waals surface area contributed by atoms with Gasteiger partial charge in [-0.1, -0.05) is 17.7 Å². The molecule has 0 aliphatic heterocycles. The fraction of sp³-hybridized carbons (Fsp3) is 0.267. The largest absolute Gasteiger partial charge is 0.573 e. The summed E-state index contributed by atoms with van der Waals surface area (Å²) in [5.41, 5.74) is 1.43. The number of benzene rings is 1. The zero-order valence-electron chi connectivity index (χ0n) is 13.2. The van der Waals surface area contributed by atoms with Gasteiger partial charge in [-0.2, -0.15) is 14.6 Å². The van der Waals surface area contributed by atoms with Gasteiger partial charge in [0.2, 0.25) is 0 Å². The lowest BCUT2D eigenvalue weighted by molar-refractivity contribution is -0.274. The smallest absolute Gasteiger partial charge is 0.404 e. The Morgan fingerprint density at radius 3 is 2.72 bits per heavy atom. The normalized spacial score (nSPS) is 13.0. The van der Waals surface area contributed by atoms with Gasteiger partial charge in [-0.3, -0.25) is 0 Å². The molecule has 0 amide bonds. The fourth-order valence-corrected chi connectivity index (χ4v) is 2.56. The SMILES string of the molecule is Cc1cc(N[C@H](C)c2ccc(OC(F)(F)F)c(Cl)c2)n2ncnc2n1. The number of rotatable bonds is 4. The van der Waals surface area contributed by atoms with Gasteiger partial charge in [0.05, 0.1) is 5.02 Å². The minimum absolute atomic E-state index is 0.125. The van der Waals surface area contributed by atoms with Crippen LogP contribution in [0.2, 0.25) is 5.02 Å². The third kappa shape index (κ3) is 3.93. The maximum atomic E-state index is 12.3. The number of nitrogens with one attached hydrogen (secondary N) is 1. The van der Waals surface area contributed by atoms with Crippen LogP contribution in [-0.4, -0.2) is 25.9 Å². The molecule has 0 bridgehead atoms. The van der Waals surface area contributed by atoms with Gasteiger partial charge in [-0.15, -0.1) is 13.2 Å². The van der Waals surface area contributed by atoms with Crippen molar-refractivity contribution in [3.05, 3.63) is 46.9 Å².